The molecule has 1 aromatic carbocycles. The summed E-state index contributed by atoms with van der Waals surface area (Å²) in [4.78, 5) is 0. The number of benzene rings is 1. The molecule has 1 heterocycles. The van der Waals surface area contributed by atoms with Crippen molar-refractivity contribution in [3.8, 4) is 0 Å². The Balaban J connectivity index is 2.66. The number of halogens is 2. The highest BCUT2D eigenvalue weighted by Crippen LogP contribution is 2.30. The fourth-order valence-electron chi connectivity index (χ4n) is 1.13. The first-order valence-electron chi connectivity index (χ1n) is 3.53. The number of fused-ring (bicyclic) bond motifs is 1. The van der Waals surface area contributed by atoms with Crippen LogP contribution in [0.4, 0.5) is 0 Å². The molecule has 0 bridgehead atoms. The Morgan fingerprint density at radius 1 is 1.25 bits per heavy atom. The molecule has 0 aliphatic carbocycles. The van der Waals surface area contributed by atoms with Gasteiger partial charge in [0.15, 0.2) is 0 Å². The van der Waals surface area contributed by atoms with Crippen molar-refractivity contribution in [1.29, 1.82) is 0 Å². The van der Waals surface area contributed by atoms with E-state index in [0.29, 0.717) is 0 Å². The summed E-state index contributed by atoms with van der Waals surface area (Å²) in [6, 6.07) is 8.68. The van der Waals surface area contributed by atoms with Gasteiger partial charge in [-0.15, -0.1) is 11.3 Å². The van der Waals surface area contributed by atoms with Crippen molar-refractivity contribution in [2.24, 2.45) is 0 Å². The van der Waals surface area contributed by atoms with Crippen molar-refractivity contribution in [2.75, 3.05) is 0 Å². The van der Waals surface area contributed by atoms with E-state index < -0.39 is 0 Å². The van der Waals surface area contributed by atoms with Gasteiger partial charge in [0.05, 0.1) is 3.79 Å². The molecular formula is C9H6Br2S. The van der Waals surface area contributed by atoms with Crippen molar-refractivity contribution in [2.45, 2.75) is 5.33 Å². The van der Waals surface area contributed by atoms with Crippen LogP contribution >= 0.6 is 43.2 Å². The van der Waals surface area contributed by atoms with E-state index in [1.807, 2.05) is 0 Å². The van der Waals surface area contributed by atoms with Gasteiger partial charge in [0.2, 0.25) is 0 Å². The molecule has 1 aromatic heterocycles. The molecular weight excluding hydrogens is 300 g/mol. The van der Waals surface area contributed by atoms with Crippen molar-refractivity contribution in [3.05, 3.63) is 33.6 Å². The van der Waals surface area contributed by atoms with Gasteiger partial charge in [-0.2, -0.15) is 0 Å². The molecule has 12 heavy (non-hydrogen) atoms. The summed E-state index contributed by atoms with van der Waals surface area (Å²) in [5, 5.41) is 2.25. The molecule has 62 valence electrons. The van der Waals surface area contributed by atoms with Crippen LogP contribution in [-0.4, -0.2) is 0 Å². The third-order valence-electron chi connectivity index (χ3n) is 1.71. The highest BCUT2D eigenvalue weighted by molar-refractivity contribution is 9.11. The van der Waals surface area contributed by atoms with Gasteiger partial charge in [0.25, 0.3) is 0 Å². The Morgan fingerprint density at radius 2 is 2.08 bits per heavy atom. The maximum absolute atomic E-state index is 3.48. The summed E-state index contributed by atoms with van der Waals surface area (Å²) in [6.45, 7) is 0. The molecule has 0 atom stereocenters. The first-order chi connectivity index (χ1) is 5.79. The Bertz CT molecular complexity index is 406. The molecule has 0 nitrogen and oxygen atoms in total. The molecule has 0 saturated carbocycles. The summed E-state index contributed by atoms with van der Waals surface area (Å²) < 4.78 is 2.54. The van der Waals surface area contributed by atoms with Crippen LogP contribution in [-0.2, 0) is 5.33 Å². The topological polar surface area (TPSA) is 0 Å². The van der Waals surface area contributed by atoms with Crippen LogP contribution in [0.2, 0.25) is 0 Å². The fraction of sp³-hybridized carbons (Fsp3) is 0.111. The zero-order valence-electron chi connectivity index (χ0n) is 6.18. The Kier molecular flexibility index (Phi) is 2.53. The molecule has 2 aromatic rings. The monoisotopic (exact) mass is 304 g/mol. The molecule has 0 unspecified atom stereocenters. The van der Waals surface area contributed by atoms with E-state index in [2.05, 4.69) is 56.1 Å². The van der Waals surface area contributed by atoms with Gasteiger partial charge >= 0.3 is 0 Å². The number of thiophene rings is 1. The minimum atomic E-state index is 0.929. The lowest BCUT2D eigenvalue weighted by molar-refractivity contribution is 1.47. The number of rotatable bonds is 1. The third kappa shape index (κ3) is 1.58. The molecule has 0 spiro atoms. The van der Waals surface area contributed by atoms with E-state index in [4.69, 9.17) is 0 Å². The quantitative estimate of drug-likeness (QED) is 0.678. The molecule has 0 radical (unpaired) electrons. The van der Waals surface area contributed by atoms with E-state index in [0.717, 1.165) is 5.33 Å². The van der Waals surface area contributed by atoms with E-state index in [9.17, 15) is 0 Å². The second-order valence-corrected chi connectivity index (χ2v) is 5.58. The predicted octanol–water partition coefficient (Wildman–Crippen LogP) is 4.56. The third-order valence-corrected chi connectivity index (χ3v) is 3.96. The number of hydrogen-bond acceptors (Lipinski definition) is 1. The molecule has 0 saturated heterocycles. The Labute approximate surface area is 91.9 Å². The lowest BCUT2D eigenvalue weighted by Gasteiger charge is -1.93. The maximum atomic E-state index is 3.48. The minimum absolute atomic E-state index is 0.929. The summed E-state index contributed by atoms with van der Waals surface area (Å²) in [5.74, 6) is 0. The molecule has 2 rings (SSSR count). The van der Waals surface area contributed by atoms with Gasteiger partial charge in [0.1, 0.15) is 0 Å². The lowest BCUT2D eigenvalue weighted by Crippen LogP contribution is -1.73. The van der Waals surface area contributed by atoms with Crippen LogP contribution in [0, 0.1) is 0 Å². The van der Waals surface area contributed by atoms with Gasteiger partial charge in [-0.25, -0.2) is 0 Å². The van der Waals surface area contributed by atoms with Gasteiger partial charge in [-0.3, -0.25) is 0 Å². The molecule has 0 fully saturated rings. The summed E-state index contributed by atoms with van der Waals surface area (Å²) in [6.07, 6.45) is 0. The zero-order valence-corrected chi connectivity index (χ0v) is 10.2. The Hall–Kier alpha value is 0.140. The van der Waals surface area contributed by atoms with E-state index in [-0.39, 0.29) is 0 Å². The van der Waals surface area contributed by atoms with Crippen LogP contribution in [0.15, 0.2) is 28.1 Å². The average molecular weight is 306 g/mol. The zero-order chi connectivity index (χ0) is 8.55. The standard InChI is InChI=1S/C9H6Br2S/c10-5-6-1-2-7-4-9(11)12-8(7)3-6/h1-4H,5H2. The van der Waals surface area contributed by atoms with E-state index >= 15 is 0 Å². The van der Waals surface area contributed by atoms with Crippen molar-refractivity contribution >= 4 is 53.3 Å². The van der Waals surface area contributed by atoms with Crippen LogP contribution < -0.4 is 0 Å². The van der Waals surface area contributed by atoms with Gasteiger partial charge < -0.3 is 0 Å². The molecule has 0 N–H and O–H groups in total. The normalized spacial score (nSPS) is 10.8. The SMILES string of the molecule is BrCc1ccc2cc(Br)sc2c1. The summed E-state index contributed by atoms with van der Waals surface area (Å²) >= 11 is 8.70. The predicted molar refractivity (Wildman–Crippen MR) is 62.2 cm³/mol. The molecule has 0 amide bonds. The van der Waals surface area contributed by atoms with Crippen molar-refractivity contribution < 1.29 is 0 Å². The maximum Gasteiger partial charge on any atom is 0.0711 e. The summed E-state index contributed by atoms with van der Waals surface area (Å²) in [7, 11) is 0. The largest absolute Gasteiger partial charge is 0.128 e. The number of hydrogen-bond donors (Lipinski definition) is 0. The second kappa shape index (κ2) is 3.48. The first-order valence-corrected chi connectivity index (χ1v) is 6.26. The lowest BCUT2D eigenvalue weighted by atomic mass is 10.2. The van der Waals surface area contributed by atoms with Crippen molar-refractivity contribution in [3.63, 3.8) is 0 Å². The molecule has 3 heteroatoms. The smallest absolute Gasteiger partial charge is 0.0711 e. The summed E-state index contributed by atoms with van der Waals surface area (Å²) in [5.41, 5.74) is 1.33. The first kappa shape index (κ1) is 8.73. The number of alkyl halides is 1. The van der Waals surface area contributed by atoms with Crippen LogP contribution in [0.5, 0.6) is 0 Å². The highest BCUT2D eigenvalue weighted by Gasteiger charge is 1.99. The van der Waals surface area contributed by atoms with Crippen LogP contribution in [0.25, 0.3) is 10.1 Å². The van der Waals surface area contributed by atoms with E-state index in [1.54, 1.807) is 11.3 Å². The van der Waals surface area contributed by atoms with E-state index in [1.165, 1.54) is 19.4 Å². The highest BCUT2D eigenvalue weighted by atomic mass is 79.9. The van der Waals surface area contributed by atoms with Gasteiger partial charge in [-0.1, -0.05) is 28.1 Å². The minimum Gasteiger partial charge on any atom is -0.128 e. The second-order valence-electron chi connectivity index (χ2n) is 2.56. The molecule has 0 aliphatic rings. The Morgan fingerprint density at radius 3 is 2.83 bits per heavy atom. The molecule has 0 aliphatic heterocycles. The van der Waals surface area contributed by atoms with Crippen LogP contribution in [0.1, 0.15) is 5.56 Å². The average Bonchev–Trinajstić information content (AvgIpc) is 2.43. The van der Waals surface area contributed by atoms with Crippen LogP contribution in [0.3, 0.4) is 0 Å². The van der Waals surface area contributed by atoms with Gasteiger partial charge in [-0.05, 0) is 39.0 Å². The van der Waals surface area contributed by atoms with Gasteiger partial charge in [0, 0.05) is 10.0 Å². The fourth-order valence-corrected chi connectivity index (χ4v) is 3.10. The van der Waals surface area contributed by atoms with Crippen molar-refractivity contribution in [1.82, 2.24) is 0 Å².